The summed E-state index contributed by atoms with van der Waals surface area (Å²) in [5, 5.41) is 0.581. The second-order valence-electron chi connectivity index (χ2n) is 4.55. The van der Waals surface area contributed by atoms with Gasteiger partial charge >= 0.3 is 0 Å². The van der Waals surface area contributed by atoms with Crippen molar-refractivity contribution in [3.05, 3.63) is 53.1 Å². The van der Waals surface area contributed by atoms with E-state index in [1.165, 1.54) is 0 Å². The summed E-state index contributed by atoms with van der Waals surface area (Å²) in [6, 6.07) is 6.80. The number of benzene rings is 1. The van der Waals surface area contributed by atoms with E-state index in [4.69, 9.17) is 11.6 Å². The van der Waals surface area contributed by atoms with Crippen LogP contribution in [0.4, 0.5) is 0 Å². The van der Waals surface area contributed by atoms with Crippen LogP contribution < -0.4 is 0 Å². The molecule has 19 heavy (non-hydrogen) atoms. The molecule has 2 rings (SSSR count). The Morgan fingerprint density at radius 1 is 1.47 bits per heavy atom. The predicted octanol–water partition coefficient (Wildman–Crippen LogP) is 3.93. The zero-order valence-electron chi connectivity index (χ0n) is 11.1. The van der Waals surface area contributed by atoms with Gasteiger partial charge in [-0.05, 0) is 25.5 Å². The van der Waals surface area contributed by atoms with Crippen molar-refractivity contribution < 1.29 is 4.79 Å². The van der Waals surface area contributed by atoms with Crippen LogP contribution in [0.25, 0.3) is 0 Å². The maximum atomic E-state index is 12.4. The third-order valence-corrected chi connectivity index (χ3v) is 3.36. The molecular formula is C15H17ClN2O. The average molecular weight is 277 g/mol. The van der Waals surface area contributed by atoms with Crippen LogP contribution in [0.15, 0.2) is 36.7 Å². The van der Waals surface area contributed by atoms with E-state index < -0.39 is 0 Å². The first kappa shape index (κ1) is 13.8. The molecule has 1 aromatic heterocycles. The topological polar surface area (TPSA) is 34.9 Å². The first-order valence-electron chi connectivity index (χ1n) is 6.45. The van der Waals surface area contributed by atoms with Crippen molar-refractivity contribution in [3.63, 3.8) is 0 Å². The van der Waals surface area contributed by atoms with E-state index in [1.807, 2.05) is 17.7 Å². The van der Waals surface area contributed by atoms with Gasteiger partial charge in [0.15, 0.2) is 5.78 Å². The van der Waals surface area contributed by atoms with Gasteiger partial charge in [0, 0.05) is 29.4 Å². The number of halogens is 1. The van der Waals surface area contributed by atoms with Crippen LogP contribution >= 0.6 is 11.6 Å². The molecule has 100 valence electrons. The molecule has 1 aromatic carbocycles. The van der Waals surface area contributed by atoms with Crippen molar-refractivity contribution in [2.24, 2.45) is 0 Å². The lowest BCUT2D eigenvalue weighted by molar-refractivity contribution is 0.0933. The van der Waals surface area contributed by atoms with Crippen LogP contribution in [0.2, 0.25) is 5.02 Å². The van der Waals surface area contributed by atoms with Crippen LogP contribution in [0.1, 0.15) is 42.5 Å². The molecule has 0 amide bonds. The van der Waals surface area contributed by atoms with Gasteiger partial charge in [-0.3, -0.25) is 4.79 Å². The summed E-state index contributed by atoms with van der Waals surface area (Å²) in [7, 11) is 0. The molecule has 3 nitrogen and oxygen atoms in total. The quantitative estimate of drug-likeness (QED) is 0.776. The molecule has 0 N–H and O–H groups in total. The second-order valence-corrected chi connectivity index (χ2v) is 4.99. The number of aromatic nitrogens is 2. The van der Waals surface area contributed by atoms with Crippen molar-refractivity contribution >= 4 is 17.4 Å². The fourth-order valence-corrected chi connectivity index (χ4v) is 2.31. The van der Waals surface area contributed by atoms with E-state index in [0.717, 1.165) is 18.7 Å². The minimum Gasteiger partial charge on any atom is -0.324 e. The minimum absolute atomic E-state index is 0.0536. The van der Waals surface area contributed by atoms with E-state index in [2.05, 4.69) is 11.9 Å². The standard InChI is InChI=1S/C15H17ClN2O/c1-3-5-14-17-8-9-18(14)11(2)15(19)12-6-4-7-13(16)10-12/h4,6-11H,3,5H2,1-2H3. The number of carbonyl (C=O) groups excluding carboxylic acids is 1. The fourth-order valence-electron chi connectivity index (χ4n) is 2.12. The Balaban J connectivity index is 2.26. The molecule has 0 saturated heterocycles. The molecule has 2 aromatic rings. The molecule has 0 aliphatic heterocycles. The number of Topliss-reactive ketones (excluding diaryl/α,β-unsaturated/α-hetero) is 1. The van der Waals surface area contributed by atoms with Gasteiger partial charge in [-0.1, -0.05) is 30.7 Å². The highest BCUT2D eigenvalue weighted by atomic mass is 35.5. The Kier molecular flexibility index (Phi) is 4.38. The van der Waals surface area contributed by atoms with E-state index in [1.54, 1.807) is 30.5 Å². The van der Waals surface area contributed by atoms with Crippen LogP contribution in [0.3, 0.4) is 0 Å². The van der Waals surface area contributed by atoms with Crippen molar-refractivity contribution in [1.29, 1.82) is 0 Å². The number of rotatable bonds is 5. The Morgan fingerprint density at radius 2 is 2.26 bits per heavy atom. The summed E-state index contributed by atoms with van der Waals surface area (Å²) in [4.78, 5) is 16.7. The Bertz CT molecular complexity index is 577. The number of hydrogen-bond acceptors (Lipinski definition) is 2. The zero-order chi connectivity index (χ0) is 13.8. The Morgan fingerprint density at radius 3 is 2.95 bits per heavy atom. The highest BCUT2D eigenvalue weighted by Gasteiger charge is 2.19. The molecule has 0 saturated carbocycles. The first-order valence-corrected chi connectivity index (χ1v) is 6.82. The molecule has 0 radical (unpaired) electrons. The van der Waals surface area contributed by atoms with Gasteiger partial charge in [-0.25, -0.2) is 4.98 Å². The lowest BCUT2D eigenvalue weighted by atomic mass is 10.1. The molecule has 0 bridgehead atoms. The number of carbonyl (C=O) groups is 1. The zero-order valence-corrected chi connectivity index (χ0v) is 11.9. The third kappa shape index (κ3) is 3.04. The van der Waals surface area contributed by atoms with E-state index >= 15 is 0 Å². The molecule has 1 unspecified atom stereocenters. The monoisotopic (exact) mass is 276 g/mol. The summed E-state index contributed by atoms with van der Waals surface area (Å²) in [5.74, 6) is 1.00. The van der Waals surface area contributed by atoms with Crippen molar-refractivity contribution in [2.75, 3.05) is 0 Å². The van der Waals surface area contributed by atoms with Crippen LogP contribution in [0, 0.1) is 0 Å². The van der Waals surface area contributed by atoms with Gasteiger partial charge in [0.1, 0.15) is 5.82 Å². The largest absolute Gasteiger partial charge is 0.324 e. The summed E-state index contributed by atoms with van der Waals surface area (Å²) in [6.07, 6.45) is 5.49. The first-order chi connectivity index (χ1) is 9.13. The Labute approximate surface area is 118 Å². The maximum Gasteiger partial charge on any atom is 0.185 e. The molecule has 1 heterocycles. The SMILES string of the molecule is CCCc1nccn1C(C)C(=O)c1cccc(Cl)c1. The highest BCUT2D eigenvalue weighted by Crippen LogP contribution is 2.19. The lowest BCUT2D eigenvalue weighted by Gasteiger charge is -2.15. The van der Waals surface area contributed by atoms with E-state index in [-0.39, 0.29) is 11.8 Å². The van der Waals surface area contributed by atoms with Gasteiger partial charge in [0.25, 0.3) is 0 Å². The molecule has 0 aliphatic carbocycles. The van der Waals surface area contributed by atoms with Gasteiger partial charge in [0.2, 0.25) is 0 Å². The van der Waals surface area contributed by atoms with Crippen LogP contribution in [0.5, 0.6) is 0 Å². The molecular weight excluding hydrogens is 260 g/mol. The Hall–Kier alpha value is -1.61. The highest BCUT2D eigenvalue weighted by molar-refractivity contribution is 6.31. The lowest BCUT2D eigenvalue weighted by Crippen LogP contribution is -2.18. The summed E-state index contributed by atoms with van der Waals surface area (Å²) in [5.41, 5.74) is 0.635. The minimum atomic E-state index is -0.262. The molecule has 4 heteroatoms. The summed E-state index contributed by atoms with van der Waals surface area (Å²) < 4.78 is 1.94. The van der Waals surface area contributed by atoms with Gasteiger partial charge in [-0.15, -0.1) is 0 Å². The van der Waals surface area contributed by atoms with Crippen LogP contribution in [-0.4, -0.2) is 15.3 Å². The van der Waals surface area contributed by atoms with E-state index in [9.17, 15) is 4.79 Å². The molecule has 0 fully saturated rings. The number of ketones is 1. The second kappa shape index (κ2) is 6.02. The third-order valence-electron chi connectivity index (χ3n) is 3.13. The van der Waals surface area contributed by atoms with Crippen molar-refractivity contribution in [2.45, 2.75) is 32.7 Å². The number of hydrogen-bond donors (Lipinski definition) is 0. The molecule has 0 aliphatic rings. The number of nitrogens with zero attached hydrogens (tertiary/aromatic N) is 2. The number of aryl methyl sites for hydroxylation is 1. The van der Waals surface area contributed by atoms with Crippen molar-refractivity contribution in [3.8, 4) is 0 Å². The van der Waals surface area contributed by atoms with Gasteiger partial charge < -0.3 is 4.57 Å². The van der Waals surface area contributed by atoms with E-state index in [0.29, 0.717) is 10.6 Å². The molecule has 0 spiro atoms. The fraction of sp³-hybridized carbons (Fsp3) is 0.333. The van der Waals surface area contributed by atoms with Crippen LogP contribution in [-0.2, 0) is 6.42 Å². The molecule has 1 atom stereocenters. The van der Waals surface area contributed by atoms with Crippen molar-refractivity contribution in [1.82, 2.24) is 9.55 Å². The summed E-state index contributed by atoms with van der Waals surface area (Å²) >= 11 is 5.93. The smallest absolute Gasteiger partial charge is 0.185 e. The average Bonchev–Trinajstić information content (AvgIpc) is 2.86. The van der Waals surface area contributed by atoms with Gasteiger partial charge in [-0.2, -0.15) is 0 Å². The summed E-state index contributed by atoms with van der Waals surface area (Å²) in [6.45, 7) is 3.99. The normalized spacial score (nSPS) is 12.4. The van der Waals surface area contributed by atoms with Gasteiger partial charge in [0.05, 0.1) is 6.04 Å². The maximum absolute atomic E-state index is 12.4. The number of imidazole rings is 1. The predicted molar refractivity (Wildman–Crippen MR) is 76.7 cm³/mol.